The van der Waals surface area contributed by atoms with Crippen LogP contribution in [0.25, 0.3) is 0 Å². The minimum absolute atomic E-state index is 0.322. The van der Waals surface area contributed by atoms with Crippen LogP contribution in [-0.4, -0.2) is 5.11 Å². The topological polar surface area (TPSA) is 20.2 Å². The van der Waals surface area contributed by atoms with Gasteiger partial charge in [-0.3, -0.25) is 0 Å². The maximum absolute atomic E-state index is 8.63. The first kappa shape index (κ1) is 10.8. The summed E-state index contributed by atoms with van der Waals surface area (Å²) in [6.07, 6.45) is 1.92. The minimum atomic E-state index is 0.322. The molecule has 0 aliphatic carbocycles. The summed E-state index contributed by atoms with van der Waals surface area (Å²) in [6, 6.07) is 8.71. The standard InChI is InChI=1S/C6H6O.C5H10/c7-6-4-2-1-3-5-6;1-4-5(2)3/h1-5,7H;4-5H,1H2,2-3H3. The second-order valence-corrected chi connectivity index (χ2v) is 2.82. The lowest BCUT2D eigenvalue weighted by molar-refractivity contribution is 0.475. The van der Waals surface area contributed by atoms with Crippen molar-refractivity contribution in [1.82, 2.24) is 0 Å². The largest absolute Gasteiger partial charge is 0.508 e. The fraction of sp³-hybridized carbons (Fsp3) is 0.273. The van der Waals surface area contributed by atoms with Crippen LogP contribution in [0.5, 0.6) is 5.75 Å². The van der Waals surface area contributed by atoms with Gasteiger partial charge in [0.15, 0.2) is 0 Å². The molecule has 0 heterocycles. The average Bonchev–Trinajstić information content (AvgIpc) is 2.07. The lowest BCUT2D eigenvalue weighted by Crippen LogP contribution is -1.71. The van der Waals surface area contributed by atoms with Gasteiger partial charge in [0.1, 0.15) is 5.75 Å². The first-order valence-corrected chi connectivity index (χ1v) is 4.03. The zero-order valence-corrected chi connectivity index (χ0v) is 7.70. The van der Waals surface area contributed by atoms with E-state index in [1.807, 2.05) is 12.1 Å². The molecule has 1 heteroatoms. The Bertz CT molecular complexity index is 202. The van der Waals surface area contributed by atoms with Crippen molar-refractivity contribution in [2.75, 3.05) is 0 Å². The summed E-state index contributed by atoms with van der Waals surface area (Å²) in [7, 11) is 0. The number of hydrogen-bond acceptors (Lipinski definition) is 1. The molecule has 1 nitrogen and oxygen atoms in total. The fourth-order valence-corrected chi connectivity index (χ4v) is 0.428. The average molecular weight is 164 g/mol. The first-order chi connectivity index (χ1) is 5.66. The van der Waals surface area contributed by atoms with Crippen LogP contribution >= 0.6 is 0 Å². The summed E-state index contributed by atoms with van der Waals surface area (Å²) in [6.45, 7) is 7.77. The molecule has 1 aromatic rings. The highest BCUT2D eigenvalue weighted by atomic mass is 16.3. The number of rotatable bonds is 1. The van der Waals surface area contributed by atoms with E-state index in [0.29, 0.717) is 11.7 Å². The Balaban J connectivity index is 0.000000217. The molecule has 0 spiro atoms. The molecule has 0 bridgehead atoms. The van der Waals surface area contributed by atoms with E-state index in [1.54, 1.807) is 24.3 Å². The van der Waals surface area contributed by atoms with E-state index in [1.165, 1.54) is 0 Å². The number of benzene rings is 1. The molecule has 12 heavy (non-hydrogen) atoms. The summed E-state index contributed by atoms with van der Waals surface area (Å²) in [4.78, 5) is 0. The van der Waals surface area contributed by atoms with Gasteiger partial charge in [0.05, 0.1) is 0 Å². The molecule has 0 radical (unpaired) electrons. The van der Waals surface area contributed by atoms with Crippen LogP contribution in [0.1, 0.15) is 13.8 Å². The Labute approximate surface area is 74.4 Å². The van der Waals surface area contributed by atoms with Gasteiger partial charge < -0.3 is 5.11 Å². The van der Waals surface area contributed by atoms with Crippen molar-refractivity contribution in [3.05, 3.63) is 43.0 Å². The van der Waals surface area contributed by atoms with Crippen molar-refractivity contribution in [3.8, 4) is 5.75 Å². The number of hydrogen-bond donors (Lipinski definition) is 1. The summed E-state index contributed by atoms with van der Waals surface area (Å²) in [5.74, 6) is 0.970. The molecular weight excluding hydrogens is 148 g/mol. The second-order valence-electron chi connectivity index (χ2n) is 2.82. The Kier molecular flexibility index (Phi) is 5.80. The molecule has 1 rings (SSSR count). The summed E-state index contributed by atoms with van der Waals surface area (Å²) < 4.78 is 0. The van der Waals surface area contributed by atoms with Crippen molar-refractivity contribution in [3.63, 3.8) is 0 Å². The maximum atomic E-state index is 8.63. The molecule has 0 aliphatic rings. The summed E-state index contributed by atoms with van der Waals surface area (Å²) >= 11 is 0. The zero-order valence-electron chi connectivity index (χ0n) is 7.70. The lowest BCUT2D eigenvalue weighted by Gasteiger charge is -1.84. The van der Waals surface area contributed by atoms with E-state index < -0.39 is 0 Å². The van der Waals surface area contributed by atoms with Gasteiger partial charge in [-0.25, -0.2) is 0 Å². The summed E-state index contributed by atoms with van der Waals surface area (Å²) in [5.41, 5.74) is 0. The molecular formula is C11H16O. The van der Waals surface area contributed by atoms with E-state index in [2.05, 4.69) is 20.4 Å². The van der Waals surface area contributed by atoms with Crippen LogP contribution in [-0.2, 0) is 0 Å². The molecule has 0 atom stereocenters. The van der Waals surface area contributed by atoms with E-state index in [4.69, 9.17) is 5.11 Å². The molecule has 66 valence electrons. The smallest absolute Gasteiger partial charge is 0.115 e. The number of phenolic OH excluding ortho intramolecular Hbond substituents is 1. The van der Waals surface area contributed by atoms with E-state index >= 15 is 0 Å². The van der Waals surface area contributed by atoms with Crippen molar-refractivity contribution in [2.45, 2.75) is 13.8 Å². The zero-order chi connectivity index (χ0) is 9.40. The van der Waals surface area contributed by atoms with Crippen molar-refractivity contribution in [1.29, 1.82) is 0 Å². The normalized spacial score (nSPS) is 8.58. The quantitative estimate of drug-likeness (QED) is 0.632. The van der Waals surface area contributed by atoms with Crippen molar-refractivity contribution >= 4 is 0 Å². The van der Waals surface area contributed by atoms with Gasteiger partial charge in [0.2, 0.25) is 0 Å². The van der Waals surface area contributed by atoms with Crippen LogP contribution in [0, 0.1) is 5.92 Å². The molecule has 0 fully saturated rings. The fourth-order valence-electron chi connectivity index (χ4n) is 0.428. The van der Waals surface area contributed by atoms with Crippen LogP contribution in [0.15, 0.2) is 43.0 Å². The summed E-state index contributed by atoms with van der Waals surface area (Å²) in [5, 5.41) is 8.63. The monoisotopic (exact) mass is 164 g/mol. The Morgan fingerprint density at radius 3 is 1.83 bits per heavy atom. The van der Waals surface area contributed by atoms with Crippen LogP contribution in [0.4, 0.5) is 0 Å². The Morgan fingerprint density at radius 1 is 1.25 bits per heavy atom. The van der Waals surface area contributed by atoms with Gasteiger partial charge in [0, 0.05) is 0 Å². The van der Waals surface area contributed by atoms with Crippen molar-refractivity contribution < 1.29 is 5.11 Å². The first-order valence-electron chi connectivity index (χ1n) is 4.03. The van der Waals surface area contributed by atoms with Gasteiger partial charge in [-0.2, -0.15) is 0 Å². The predicted octanol–water partition coefficient (Wildman–Crippen LogP) is 3.22. The van der Waals surface area contributed by atoms with Gasteiger partial charge in [0.25, 0.3) is 0 Å². The third kappa shape index (κ3) is 6.87. The predicted molar refractivity (Wildman–Crippen MR) is 53.1 cm³/mol. The van der Waals surface area contributed by atoms with E-state index in [0.717, 1.165) is 0 Å². The van der Waals surface area contributed by atoms with Crippen LogP contribution in [0.3, 0.4) is 0 Å². The third-order valence-electron chi connectivity index (χ3n) is 1.23. The van der Waals surface area contributed by atoms with Gasteiger partial charge in [-0.1, -0.05) is 38.1 Å². The molecule has 0 saturated carbocycles. The second kappa shape index (κ2) is 6.47. The van der Waals surface area contributed by atoms with Crippen LogP contribution in [0.2, 0.25) is 0 Å². The van der Waals surface area contributed by atoms with Gasteiger partial charge in [-0.15, -0.1) is 6.58 Å². The number of phenols is 1. The minimum Gasteiger partial charge on any atom is -0.508 e. The Morgan fingerprint density at radius 2 is 1.67 bits per heavy atom. The van der Waals surface area contributed by atoms with Crippen LogP contribution < -0.4 is 0 Å². The highest BCUT2D eigenvalue weighted by Gasteiger charge is 1.75. The van der Waals surface area contributed by atoms with Gasteiger partial charge >= 0.3 is 0 Å². The van der Waals surface area contributed by atoms with Crippen molar-refractivity contribution in [2.24, 2.45) is 5.92 Å². The third-order valence-corrected chi connectivity index (χ3v) is 1.23. The molecule has 0 aliphatic heterocycles. The highest BCUT2D eigenvalue weighted by molar-refractivity contribution is 5.18. The molecule has 1 N–H and O–H groups in total. The lowest BCUT2D eigenvalue weighted by atomic mass is 10.2. The number of para-hydroxylation sites is 1. The van der Waals surface area contributed by atoms with Gasteiger partial charge in [-0.05, 0) is 18.1 Å². The molecule has 0 amide bonds. The van der Waals surface area contributed by atoms with E-state index in [9.17, 15) is 0 Å². The molecule has 1 aromatic carbocycles. The SMILES string of the molecule is C=CC(C)C.Oc1ccccc1. The highest BCUT2D eigenvalue weighted by Crippen LogP contribution is 2.02. The Hall–Kier alpha value is -1.24. The van der Waals surface area contributed by atoms with E-state index in [-0.39, 0.29) is 0 Å². The maximum Gasteiger partial charge on any atom is 0.115 e. The molecule has 0 saturated heterocycles. The number of allylic oxidation sites excluding steroid dienone is 1. The molecule has 0 unspecified atom stereocenters. The molecule has 0 aromatic heterocycles. The number of aromatic hydroxyl groups is 1.